The average molecular weight is 315 g/mol. The number of phenols is 2. The summed E-state index contributed by atoms with van der Waals surface area (Å²) in [7, 11) is 0. The number of benzene rings is 2. The third kappa shape index (κ3) is 4.47. The average Bonchev–Trinajstić information content (AvgIpc) is 2.53. The maximum absolute atomic E-state index is 9.77. The Morgan fingerprint density at radius 1 is 1.00 bits per heavy atom. The van der Waals surface area contributed by atoms with Gasteiger partial charge in [0.15, 0.2) is 0 Å². The molecule has 2 aromatic carbocycles. The molecular formula is C19H25NO3. The molecule has 0 bridgehead atoms. The van der Waals surface area contributed by atoms with Gasteiger partial charge in [-0.25, -0.2) is 0 Å². The molecular weight excluding hydrogens is 290 g/mol. The molecule has 4 nitrogen and oxygen atoms in total. The van der Waals surface area contributed by atoms with Crippen LogP contribution in [0.3, 0.4) is 0 Å². The Labute approximate surface area is 137 Å². The van der Waals surface area contributed by atoms with Gasteiger partial charge in [-0.05, 0) is 41.8 Å². The van der Waals surface area contributed by atoms with Crippen molar-refractivity contribution in [2.45, 2.75) is 31.7 Å². The van der Waals surface area contributed by atoms with Crippen molar-refractivity contribution in [1.82, 2.24) is 5.32 Å². The molecule has 4 heteroatoms. The Morgan fingerprint density at radius 2 is 1.70 bits per heavy atom. The molecule has 0 heterocycles. The zero-order valence-electron chi connectivity index (χ0n) is 13.7. The number of aliphatic hydroxyl groups is 1. The Balaban J connectivity index is 2.26. The highest BCUT2D eigenvalue weighted by molar-refractivity contribution is 5.34. The summed E-state index contributed by atoms with van der Waals surface area (Å²) < 4.78 is 0. The quantitative estimate of drug-likeness (QED) is 0.634. The monoisotopic (exact) mass is 315 g/mol. The fraction of sp³-hybridized carbons (Fsp3) is 0.368. The lowest BCUT2D eigenvalue weighted by molar-refractivity contribution is 0.261. The first kappa shape index (κ1) is 17.3. The summed E-state index contributed by atoms with van der Waals surface area (Å²) in [6, 6.07) is 14.5. The van der Waals surface area contributed by atoms with E-state index in [0.717, 1.165) is 17.5 Å². The minimum atomic E-state index is -0.244. The number of hydrogen-bond acceptors (Lipinski definition) is 4. The van der Waals surface area contributed by atoms with E-state index in [2.05, 4.69) is 19.2 Å². The first-order valence-corrected chi connectivity index (χ1v) is 7.85. The summed E-state index contributed by atoms with van der Waals surface area (Å²) in [5.74, 6) is 0.502. The van der Waals surface area contributed by atoms with Crippen LogP contribution in [0.25, 0.3) is 0 Å². The largest absolute Gasteiger partial charge is 0.508 e. The van der Waals surface area contributed by atoms with Crippen molar-refractivity contribution >= 4 is 0 Å². The van der Waals surface area contributed by atoms with Crippen molar-refractivity contribution in [3.8, 4) is 11.5 Å². The highest BCUT2D eigenvalue weighted by atomic mass is 16.3. The van der Waals surface area contributed by atoms with Crippen molar-refractivity contribution in [2.75, 3.05) is 13.2 Å². The number of aromatic hydroxyl groups is 2. The number of nitrogens with one attached hydrogen (secondary N) is 1. The van der Waals surface area contributed by atoms with E-state index >= 15 is 0 Å². The van der Waals surface area contributed by atoms with Crippen LogP contribution in [0.5, 0.6) is 11.5 Å². The zero-order chi connectivity index (χ0) is 16.9. The standard InChI is InChI=1S/C19H25NO3/c1-19(2,15-4-3-5-17(23)13-15)18(20-10-11-21)12-14-6-8-16(22)9-7-14/h3-9,13,18,20-23H,10-12H2,1-2H3. The molecule has 0 fully saturated rings. The topological polar surface area (TPSA) is 72.7 Å². The minimum Gasteiger partial charge on any atom is -0.508 e. The van der Waals surface area contributed by atoms with E-state index in [1.165, 1.54) is 0 Å². The van der Waals surface area contributed by atoms with Gasteiger partial charge in [-0.15, -0.1) is 0 Å². The van der Waals surface area contributed by atoms with Crippen molar-refractivity contribution in [1.29, 1.82) is 0 Å². The van der Waals surface area contributed by atoms with E-state index < -0.39 is 0 Å². The van der Waals surface area contributed by atoms with E-state index in [1.54, 1.807) is 24.3 Å². The van der Waals surface area contributed by atoms with Crippen molar-refractivity contribution in [3.63, 3.8) is 0 Å². The zero-order valence-corrected chi connectivity index (χ0v) is 13.7. The molecule has 0 saturated heterocycles. The normalized spacial score (nSPS) is 13.0. The summed E-state index contributed by atoms with van der Waals surface area (Å²) in [6.45, 7) is 4.82. The van der Waals surface area contributed by atoms with E-state index in [-0.39, 0.29) is 29.6 Å². The van der Waals surface area contributed by atoms with E-state index in [9.17, 15) is 10.2 Å². The molecule has 124 valence electrons. The van der Waals surface area contributed by atoms with E-state index in [0.29, 0.717) is 6.54 Å². The number of aliphatic hydroxyl groups excluding tert-OH is 1. The van der Waals surface area contributed by atoms with Gasteiger partial charge in [0.2, 0.25) is 0 Å². The fourth-order valence-electron chi connectivity index (χ4n) is 2.80. The molecule has 0 amide bonds. The van der Waals surface area contributed by atoms with Gasteiger partial charge in [0.25, 0.3) is 0 Å². The van der Waals surface area contributed by atoms with Crippen LogP contribution >= 0.6 is 0 Å². The molecule has 0 aromatic heterocycles. The van der Waals surface area contributed by atoms with Gasteiger partial charge in [0.1, 0.15) is 11.5 Å². The maximum atomic E-state index is 9.77. The lowest BCUT2D eigenvalue weighted by Crippen LogP contribution is -2.47. The molecule has 2 rings (SSSR count). The highest BCUT2D eigenvalue weighted by Crippen LogP contribution is 2.31. The molecule has 4 N–H and O–H groups in total. The van der Waals surface area contributed by atoms with Crippen molar-refractivity contribution in [3.05, 3.63) is 59.7 Å². The smallest absolute Gasteiger partial charge is 0.115 e. The number of hydrogen-bond donors (Lipinski definition) is 4. The van der Waals surface area contributed by atoms with Gasteiger partial charge in [0, 0.05) is 18.0 Å². The van der Waals surface area contributed by atoms with Crippen LogP contribution in [-0.2, 0) is 11.8 Å². The van der Waals surface area contributed by atoms with Crippen LogP contribution in [0, 0.1) is 0 Å². The summed E-state index contributed by atoms with van der Waals surface area (Å²) in [5.41, 5.74) is 1.89. The van der Waals surface area contributed by atoms with Crippen molar-refractivity contribution < 1.29 is 15.3 Å². The van der Waals surface area contributed by atoms with Gasteiger partial charge < -0.3 is 20.6 Å². The predicted molar refractivity (Wildman–Crippen MR) is 91.8 cm³/mol. The summed E-state index contributed by atoms with van der Waals surface area (Å²) in [4.78, 5) is 0. The third-order valence-corrected chi connectivity index (χ3v) is 4.34. The molecule has 0 aliphatic rings. The lowest BCUT2D eigenvalue weighted by atomic mass is 9.75. The number of rotatable bonds is 7. The highest BCUT2D eigenvalue weighted by Gasteiger charge is 2.31. The molecule has 1 unspecified atom stereocenters. The molecule has 0 saturated carbocycles. The van der Waals surface area contributed by atoms with Crippen LogP contribution in [0.2, 0.25) is 0 Å². The fourth-order valence-corrected chi connectivity index (χ4v) is 2.80. The second-order valence-electron chi connectivity index (χ2n) is 6.37. The molecule has 23 heavy (non-hydrogen) atoms. The first-order chi connectivity index (χ1) is 10.9. The Bertz CT molecular complexity index is 623. The van der Waals surface area contributed by atoms with Gasteiger partial charge in [-0.2, -0.15) is 0 Å². The summed E-state index contributed by atoms with van der Waals surface area (Å²) >= 11 is 0. The lowest BCUT2D eigenvalue weighted by Gasteiger charge is -2.36. The summed E-state index contributed by atoms with van der Waals surface area (Å²) in [6.07, 6.45) is 0.753. The van der Waals surface area contributed by atoms with Gasteiger partial charge in [-0.3, -0.25) is 0 Å². The molecule has 2 aromatic rings. The first-order valence-electron chi connectivity index (χ1n) is 7.85. The van der Waals surface area contributed by atoms with Crippen LogP contribution in [0.15, 0.2) is 48.5 Å². The Kier molecular flexibility index (Phi) is 5.64. The third-order valence-electron chi connectivity index (χ3n) is 4.34. The van der Waals surface area contributed by atoms with Gasteiger partial charge >= 0.3 is 0 Å². The van der Waals surface area contributed by atoms with E-state index in [4.69, 9.17) is 5.11 Å². The van der Waals surface area contributed by atoms with E-state index in [1.807, 2.05) is 24.3 Å². The van der Waals surface area contributed by atoms with Crippen LogP contribution in [0.4, 0.5) is 0 Å². The molecule has 0 radical (unpaired) electrons. The van der Waals surface area contributed by atoms with Crippen LogP contribution in [-0.4, -0.2) is 34.5 Å². The second-order valence-corrected chi connectivity index (χ2v) is 6.37. The van der Waals surface area contributed by atoms with Gasteiger partial charge in [-0.1, -0.05) is 38.1 Å². The SMILES string of the molecule is CC(C)(c1cccc(O)c1)C(Cc1ccc(O)cc1)NCCO. The molecule has 1 atom stereocenters. The molecule has 0 aliphatic heterocycles. The molecule has 0 aliphatic carbocycles. The second kappa shape index (κ2) is 7.49. The Morgan fingerprint density at radius 3 is 2.30 bits per heavy atom. The molecule has 0 spiro atoms. The predicted octanol–water partition coefficient (Wildman–Crippen LogP) is 2.57. The van der Waals surface area contributed by atoms with Gasteiger partial charge in [0.05, 0.1) is 6.61 Å². The van der Waals surface area contributed by atoms with Crippen LogP contribution < -0.4 is 5.32 Å². The maximum Gasteiger partial charge on any atom is 0.115 e. The summed E-state index contributed by atoms with van der Waals surface area (Å²) in [5, 5.41) is 31.7. The minimum absolute atomic E-state index is 0.0704. The van der Waals surface area contributed by atoms with Crippen LogP contribution in [0.1, 0.15) is 25.0 Å². The van der Waals surface area contributed by atoms with Crippen molar-refractivity contribution in [2.24, 2.45) is 0 Å². The number of phenolic OH excluding ortho intramolecular Hbond substituents is 2. The Hall–Kier alpha value is -2.04.